The Hall–Kier alpha value is -4.00. The number of nitrogens with one attached hydrogen (secondary N) is 1. The Kier molecular flexibility index (Phi) is 6.45. The van der Waals surface area contributed by atoms with E-state index in [4.69, 9.17) is 4.74 Å². The number of carbonyl (C=O) groups is 1. The number of nitrogens with zero attached hydrogens (tertiary/aromatic N) is 3. The molecule has 1 aromatic heterocycles. The van der Waals surface area contributed by atoms with Crippen LogP contribution in [0, 0.1) is 17.2 Å². The molecule has 34 heavy (non-hydrogen) atoms. The molecular weight excluding hydrogens is 449 g/mol. The van der Waals surface area contributed by atoms with E-state index >= 15 is 0 Å². The maximum absolute atomic E-state index is 12.7. The van der Waals surface area contributed by atoms with Crippen LogP contribution >= 0.6 is 0 Å². The second-order valence-corrected chi connectivity index (χ2v) is 7.84. The lowest BCUT2D eigenvalue weighted by Gasteiger charge is -2.34. The van der Waals surface area contributed by atoms with Crippen molar-refractivity contribution in [2.45, 2.75) is 19.2 Å². The highest BCUT2D eigenvalue weighted by molar-refractivity contribution is 5.96. The van der Waals surface area contributed by atoms with Crippen LogP contribution in [-0.2, 0) is 4.79 Å². The fourth-order valence-electron chi connectivity index (χ4n) is 4.06. The zero-order chi connectivity index (χ0) is 24.3. The van der Waals surface area contributed by atoms with Crippen molar-refractivity contribution < 1.29 is 27.4 Å². The molecule has 2 heterocycles. The van der Waals surface area contributed by atoms with Gasteiger partial charge in [0.25, 0.3) is 0 Å². The first-order valence-electron chi connectivity index (χ1n) is 10.6. The van der Waals surface area contributed by atoms with Crippen LogP contribution in [0.15, 0.2) is 48.7 Å². The van der Waals surface area contributed by atoms with Crippen LogP contribution in [0.4, 0.5) is 24.5 Å². The Labute approximate surface area is 193 Å². The molecule has 3 aromatic rings. The molecule has 0 spiro atoms. The number of nitriles is 1. The van der Waals surface area contributed by atoms with Gasteiger partial charge in [-0.15, -0.1) is 13.2 Å². The van der Waals surface area contributed by atoms with Gasteiger partial charge < -0.3 is 19.7 Å². The molecule has 2 aromatic carbocycles. The second kappa shape index (κ2) is 9.47. The van der Waals surface area contributed by atoms with Crippen LogP contribution in [-0.4, -0.2) is 37.5 Å². The summed E-state index contributed by atoms with van der Waals surface area (Å²) >= 11 is 0. The van der Waals surface area contributed by atoms with Crippen molar-refractivity contribution in [3.63, 3.8) is 0 Å². The van der Waals surface area contributed by atoms with Gasteiger partial charge >= 0.3 is 6.36 Å². The number of carbonyl (C=O) groups excluding carboxylic acids is 1. The maximum Gasteiger partial charge on any atom is 0.573 e. The molecule has 0 atom stereocenters. The fraction of sp³-hybridized carbons (Fsp3) is 0.292. The van der Waals surface area contributed by atoms with E-state index in [-0.39, 0.29) is 17.6 Å². The molecule has 1 aliphatic heterocycles. The van der Waals surface area contributed by atoms with E-state index in [0.717, 1.165) is 28.7 Å². The van der Waals surface area contributed by atoms with Crippen LogP contribution in [0.5, 0.6) is 11.5 Å². The number of pyridine rings is 1. The van der Waals surface area contributed by atoms with Crippen LogP contribution in [0.3, 0.4) is 0 Å². The topological polar surface area (TPSA) is 87.5 Å². The van der Waals surface area contributed by atoms with Crippen molar-refractivity contribution in [1.82, 2.24) is 4.98 Å². The summed E-state index contributed by atoms with van der Waals surface area (Å²) in [4.78, 5) is 19.2. The third kappa shape index (κ3) is 5.14. The van der Waals surface area contributed by atoms with Gasteiger partial charge in [0, 0.05) is 36.3 Å². The van der Waals surface area contributed by atoms with Gasteiger partial charge in [0.2, 0.25) is 5.91 Å². The van der Waals surface area contributed by atoms with E-state index in [2.05, 4.69) is 26.0 Å². The summed E-state index contributed by atoms with van der Waals surface area (Å²) in [7, 11) is 1.57. The van der Waals surface area contributed by atoms with Gasteiger partial charge in [0.15, 0.2) is 0 Å². The number of methoxy groups -OCH3 is 1. The van der Waals surface area contributed by atoms with E-state index in [1.165, 1.54) is 12.1 Å². The van der Waals surface area contributed by atoms with Gasteiger partial charge in [0.05, 0.1) is 23.9 Å². The Bertz CT molecular complexity index is 1230. The zero-order valence-corrected chi connectivity index (χ0v) is 18.2. The molecule has 0 saturated carbocycles. The van der Waals surface area contributed by atoms with Crippen molar-refractivity contribution in [1.29, 1.82) is 5.26 Å². The number of rotatable bonds is 5. The molecule has 0 radical (unpaired) electrons. The molecule has 0 aliphatic carbocycles. The summed E-state index contributed by atoms with van der Waals surface area (Å²) in [6.07, 6.45) is -2.11. The average Bonchev–Trinajstić information content (AvgIpc) is 2.83. The zero-order valence-electron chi connectivity index (χ0n) is 18.2. The number of aromatic nitrogens is 1. The van der Waals surface area contributed by atoms with Crippen molar-refractivity contribution in [3.8, 4) is 17.6 Å². The third-order valence-electron chi connectivity index (χ3n) is 5.70. The smallest absolute Gasteiger partial charge is 0.497 e. The molecule has 176 valence electrons. The van der Waals surface area contributed by atoms with E-state index in [1.54, 1.807) is 13.3 Å². The normalized spacial score (nSPS) is 14.5. The summed E-state index contributed by atoms with van der Waals surface area (Å²) in [6, 6.07) is 12.7. The van der Waals surface area contributed by atoms with Crippen molar-refractivity contribution >= 4 is 28.2 Å². The molecule has 4 rings (SSSR count). The number of anilines is 2. The lowest BCUT2D eigenvalue weighted by Crippen LogP contribution is -2.38. The Morgan fingerprint density at radius 2 is 1.82 bits per heavy atom. The van der Waals surface area contributed by atoms with Crippen LogP contribution in [0.1, 0.15) is 18.4 Å². The van der Waals surface area contributed by atoms with Gasteiger partial charge in [-0.05, 0) is 55.3 Å². The highest BCUT2D eigenvalue weighted by Gasteiger charge is 2.31. The predicted octanol–water partition coefficient (Wildman–Crippen LogP) is 4.87. The largest absolute Gasteiger partial charge is 0.573 e. The monoisotopic (exact) mass is 470 g/mol. The van der Waals surface area contributed by atoms with Crippen molar-refractivity contribution in [3.05, 3.63) is 54.2 Å². The third-order valence-corrected chi connectivity index (χ3v) is 5.70. The van der Waals surface area contributed by atoms with Gasteiger partial charge in [-0.3, -0.25) is 9.78 Å². The molecule has 1 amide bonds. The number of fused-ring (bicyclic) bond motifs is 1. The molecular formula is C24H21F3N4O3. The minimum atomic E-state index is -4.77. The molecule has 1 fully saturated rings. The van der Waals surface area contributed by atoms with Crippen LogP contribution < -0.4 is 19.7 Å². The van der Waals surface area contributed by atoms with Gasteiger partial charge in [-0.2, -0.15) is 5.26 Å². The van der Waals surface area contributed by atoms with Gasteiger partial charge in [-0.1, -0.05) is 0 Å². The first kappa shape index (κ1) is 23.2. The number of benzene rings is 2. The van der Waals surface area contributed by atoms with Crippen molar-refractivity contribution in [2.75, 3.05) is 30.4 Å². The Balaban J connectivity index is 1.44. The number of hydrogen-bond donors (Lipinski definition) is 1. The summed E-state index contributed by atoms with van der Waals surface area (Å²) in [6.45, 7) is 1.11. The molecule has 1 N–H and O–H groups in total. The standard InChI is InChI=1S/C24H21F3N4O3/c1-33-19-6-7-21-20(12-19)22(16(13-28)14-29-21)31-10-8-15(9-11-31)23(32)30-17-2-4-18(5-3-17)34-24(25,26)27/h2-7,12,14-15H,8-11H2,1H3,(H,30,32). The molecule has 1 saturated heterocycles. The van der Waals surface area contributed by atoms with E-state index in [9.17, 15) is 23.2 Å². The minimum Gasteiger partial charge on any atom is -0.497 e. The molecule has 1 aliphatic rings. The Morgan fingerprint density at radius 1 is 1.15 bits per heavy atom. The number of alkyl halides is 3. The van der Waals surface area contributed by atoms with E-state index < -0.39 is 6.36 Å². The predicted molar refractivity (Wildman–Crippen MR) is 120 cm³/mol. The highest BCUT2D eigenvalue weighted by atomic mass is 19.4. The first-order chi connectivity index (χ1) is 16.3. The number of hydrogen-bond acceptors (Lipinski definition) is 6. The maximum atomic E-state index is 12.7. The minimum absolute atomic E-state index is 0.203. The number of amides is 1. The van der Waals surface area contributed by atoms with Gasteiger partial charge in [0.1, 0.15) is 17.6 Å². The van der Waals surface area contributed by atoms with Crippen LogP contribution in [0.25, 0.3) is 10.9 Å². The van der Waals surface area contributed by atoms with E-state index in [1.807, 2.05) is 18.2 Å². The number of piperidine rings is 1. The lowest BCUT2D eigenvalue weighted by molar-refractivity contribution is -0.274. The lowest BCUT2D eigenvalue weighted by atomic mass is 9.94. The summed E-state index contributed by atoms with van der Waals surface area (Å²) in [5, 5.41) is 13.2. The first-order valence-corrected chi connectivity index (χ1v) is 10.6. The van der Waals surface area contributed by atoms with E-state index in [0.29, 0.717) is 42.9 Å². The van der Waals surface area contributed by atoms with Crippen LogP contribution in [0.2, 0.25) is 0 Å². The van der Waals surface area contributed by atoms with Crippen molar-refractivity contribution in [2.24, 2.45) is 5.92 Å². The molecule has 0 unspecified atom stereocenters. The number of halogens is 3. The molecule has 10 heteroatoms. The van der Waals surface area contributed by atoms with Gasteiger partial charge in [-0.25, -0.2) is 0 Å². The molecule has 0 bridgehead atoms. The second-order valence-electron chi connectivity index (χ2n) is 7.84. The highest BCUT2D eigenvalue weighted by Crippen LogP contribution is 2.34. The average molecular weight is 470 g/mol. The number of ether oxygens (including phenoxy) is 2. The Morgan fingerprint density at radius 3 is 2.44 bits per heavy atom. The SMILES string of the molecule is COc1ccc2ncc(C#N)c(N3CCC(C(=O)Nc4ccc(OC(F)(F)F)cc4)CC3)c2c1. The quantitative estimate of drug-likeness (QED) is 0.573. The molecule has 7 nitrogen and oxygen atoms in total. The summed E-state index contributed by atoms with van der Waals surface area (Å²) in [5.74, 6) is -0.165. The fourth-order valence-corrected chi connectivity index (χ4v) is 4.06. The summed E-state index contributed by atoms with van der Waals surface area (Å²) < 4.78 is 46.1. The summed E-state index contributed by atoms with van der Waals surface area (Å²) in [5.41, 5.74) is 2.35.